The van der Waals surface area contributed by atoms with Gasteiger partial charge in [0.2, 0.25) is 0 Å². The van der Waals surface area contributed by atoms with Gasteiger partial charge in [0.1, 0.15) is 17.1 Å². The molecule has 8 nitrogen and oxygen atoms in total. The number of fused-ring (bicyclic) bond motifs is 1. The molecule has 0 saturated heterocycles. The summed E-state index contributed by atoms with van der Waals surface area (Å²) in [6.45, 7) is 1.78. The summed E-state index contributed by atoms with van der Waals surface area (Å²) in [4.78, 5) is 13.0. The maximum atomic E-state index is 14.0. The lowest BCUT2D eigenvalue weighted by molar-refractivity contribution is -0.173. The number of methoxy groups -OCH3 is 2. The van der Waals surface area contributed by atoms with E-state index in [0.717, 1.165) is 16.4 Å². The van der Waals surface area contributed by atoms with Crippen LogP contribution in [0, 0.1) is 6.92 Å². The molecule has 0 fully saturated rings. The number of hydrogen-bond acceptors (Lipinski definition) is 6. The van der Waals surface area contributed by atoms with Crippen LogP contribution in [0.4, 0.5) is 24.7 Å². The Labute approximate surface area is 193 Å². The van der Waals surface area contributed by atoms with Crippen LogP contribution in [0.3, 0.4) is 0 Å². The average molecular weight is 476 g/mol. The first-order valence-corrected chi connectivity index (χ1v) is 10.4. The molecule has 2 aromatic carbocycles. The first-order valence-electron chi connectivity index (χ1n) is 10.4. The van der Waals surface area contributed by atoms with Crippen LogP contribution >= 0.6 is 0 Å². The predicted molar refractivity (Wildman–Crippen MR) is 119 cm³/mol. The van der Waals surface area contributed by atoms with E-state index in [1.54, 1.807) is 37.3 Å². The van der Waals surface area contributed by atoms with Gasteiger partial charge in [0.15, 0.2) is 17.5 Å². The van der Waals surface area contributed by atoms with Crippen molar-refractivity contribution in [1.29, 1.82) is 0 Å². The van der Waals surface area contributed by atoms with Gasteiger partial charge in [-0.05, 0) is 42.3 Å². The van der Waals surface area contributed by atoms with Crippen LogP contribution in [0.25, 0.3) is 0 Å². The Morgan fingerprint density at radius 1 is 1.18 bits per heavy atom. The second-order valence-electron chi connectivity index (χ2n) is 7.93. The number of anilines is 2. The van der Waals surface area contributed by atoms with Crippen molar-refractivity contribution in [2.45, 2.75) is 31.6 Å². The minimum atomic E-state index is -4.60. The quantitative estimate of drug-likeness (QED) is 0.457. The fraction of sp³-hybridized carbons (Fsp3) is 0.304. The van der Waals surface area contributed by atoms with Crippen molar-refractivity contribution in [3.8, 4) is 17.2 Å². The Morgan fingerprint density at radius 2 is 1.91 bits per heavy atom. The molecule has 0 spiro atoms. The first-order chi connectivity index (χ1) is 16.1. The second-order valence-corrected chi connectivity index (χ2v) is 7.93. The minimum Gasteiger partial charge on any atom is -0.506 e. The van der Waals surface area contributed by atoms with Crippen molar-refractivity contribution in [3.05, 3.63) is 59.3 Å². The van der Waals surface area contributed by atoms with E-state index < -0.39 is 24.2 Å². The van der Waals surface area contributed by atoms with Crippen molar-refractivity contribution < 1.29 is 32.5 Å². The van der Waals surface area contributed by atoms with Gasteiger partial charge < -0.3 is 25.2 Å². The molecule has 3 N–H and O–H groups in total. The van der Waals surface area contributed by atoms with Crippen molar-refractivity contribution >= 4 is 17.4 Å². The number of aryl methyl sites for hydroxylation is 1. The Kier molecular flexibility index (Phi) is 6.03. The van der Waals surface area contributed by atoms with Crippen molar-refractivity contribution in [1.82, 2.24) is 9.78 Å². The summed E-state index contributed by atoms with van der Waals surface area (Å²) in [6.07, 6.45) is -3.85. The minimum absolute atomic E-state index is 0.0713. The van der Waals surface area contributed by atoms with Gasteiger partial charge in [0.05, 0.1) is 32.1 Å². The van der Waals surface area contributed by atoms with E-state index in [-0.39, 0.29) is 29.2 Å². The summed E-state index contributed by atoms with van der Waals surface area (Å²) in [7, 11) is 2.90. The number of nitrogens with zero attached hydrogens (tertiary/aromatic N) is 2. The molecule has 180 valence electrons. The molecule has 0 unspecified atom stereocenters. The summed E-state index contributed by atoms with van der Waals surface area (Å²) in [5, 5.41) is 19.5. The van der Waals surface area contributed by atoms with Crippen LogP contribution < -0.4 is 20.1 Å². The number of hydrogen-bond donors (Lipinski definition) is 3. The number of phenolic OH excluding ortho intramolecular Hbond substituents is 1. The number of nitrogens with one attached hydrogen (secondary N) is 2. The smallest absolute Gasteiger partial charge is 0.410 e. The molecular formula is C23H23F3N4O4. The molecule has 0 aliphatic carbocycles. The molecule has 3 aromatic rings. The number of halogens is 3. The summed E-state index contributed by atoms with van der Waals surface area (Å²) in [6, 6.07) is 6.76. The molecule has 1 aliphatic heterocycles. The first kappa shape index (κ1) is 23.3. The standard InChI is InChI=1S/C23H23F3N4O4/c1-12-4-6-17(31)16(8-12)29-22(32)14-11-27-30-20(23(24,25)26)10-15(28-21(14)30)13-5-7-18(33-2)19(9-13)34-3/h4-9,11,15,20,28,31H,10H2,1-3H3,(H,29,32)/t15-,20+/m0/s1. The lowest BCUT2D eigenvalue weighted by Gasteiger charge is -2.34. The Balaban J connectivity index is 1.71. The molecule has 1 aliphatic rings. The van der Waals surface area contributed by atoms with E-state index in [1.807, 2.05) is 0 Å². The van der Waals surface area contributed by atoms with Crippen molar-refractivity contribution in [2.24, 2.45) is 0 Å². The zero-order valence-electron chi connectivity index (χ0n) is 18.6. The van der Waals surface area contributed by atoms with Crippen LogP contribution in [0.15, 0.2) is 42.6 Å². The van der Waals surface area contributed by atoms with Crippen molar-refractivity contribution in [2.75, 3.05) is 24.9 Å². The molecular weight excluding hydrogens is 453 g/mol. The van der Waals surface area contributed by atoms with Gasteiger partial charge in [-0.2, -0.15) is 18.3 Å². The summed E-state index contributed by atoms with van der Waals surface area (Å²) < 4.78 is 53.2. The second kappa shape index (κ2) is 8.81. The highest BCUT2D eigenvalue weighted by Gasteiger charge is 2.47. The third-order valence-corrected chi connectivity index (χ3v) is 5.69. The molecule has 2 atom stereocenters. The number of rotatable bonds is 5. The fourth-order valence-electron chi connectivity index (χ4n) is 3.96. The monoisotopic (exact) mass is 476 g/mol. The van der Waals surface area contributed by atoms with Gasteiger partial charge in [-0.1, -0.05) is 12.1 Å². The maximum absolute atomic E-state index is 14.0. The maximum Gasteiger partial charge on any atom is 0.410 e. The molecule has 0 radical (unpaired) electrons. The topological polar surface area (TPSA) is 97.6 Å². The zero-order chi connectivity index (χ0) is 24.6. The molecule has 0 bridgehead atoms. The van der Waals surface area contributed by atoms with Crippen LogP contribution in [0.1, 0.15) is 40.0 Å². The number of phenols is 1. The number of aromatic hydroxyl groups is 1. The van der Waals surface area contributed by atoms with Gasteiger partial charge in [-0.25, -0.2) is 4.68 Å². The number of aromatic nitrogens is 2. The van der Waals surface area contributed by atoms with E-state index in [2.05, 4.69) is 15.7 Å². The molecule has 11 heteroatoms. The molecule has 1 amide bonds. The lowest BCUT2D eigenvalue weighted by atomic mass is 9.96. The average Bonchev–Trinajstić information content (AvgIpc) is 3.23. The van der Waals surface area contributed by atoms with Crippen molar-refractivity contribution in [3.63, 3.8) is 0 Å². The molecule has 4 rings (SSSR count). The van der Waals surface area contributed by atoms with Gasteiger partial charge in [0.25, 0.3) is 5.91 Å². The van der Waals surface area contributed by atoms with Gasteiger partial charge in [0, 0.05) is 6.42 Å². The van der Waals surface area contributed by atoms with Gasteiger partial charge in [-0.3, -0.25) is 4.79 Å². The fourth-order valence-corrected chi connectivity index (χ4v) is 3.96. The third kappa shape index (κ3) is 4.33. The van der Waals surface area contributed by atoms with Crippen LogP contribution in [-0.4, -0.2) is 41.2 Å². The highest BCUT2D eigenvalue weighted by Crippen LogP contribution is 2.45. The number of carbonyl (C=O) groups excluding carboxylic acids is 1. The SMILES string of the molecule is COc1ccc([C@@H]2C[C@H](C(F)(F)F)n3ncc(C(=O)Nc4cc(C)ccc4O)c3N2)cc1OC. The number of carbonyl (C=O) groups is 1. The predicted octanol–water partition coefficient (Wildman–Crippen LogP) is 4.83. The summed E-state index contributed by atoms with van der Waals surface area (Å²) >= 11 is 0. The van der Waals surface area contributed by atoms with Gasteiger partial charge >= 0.3 is 6.18 Å². The number of benzene rings is 2. The zero-order valence-corrected chi connectivity index (χ0v) is 18.6. The Bertz CT molecular complexity index is 1230. The molecule has 0 saturated carbocycles. The highest BCUT2D eigenvalue weighted by atomic mass is 19.4. The summed E-state index contributed by atoms with van der Waals surface area (Å²) in [5.74, 6) is -0.124. The van der Waals surface area contributed by atoms with E-state index >= 15 is 0 Å². The van der Waals surface area contributed by atoms with E-state index in [0.29, 0.717) is 17.1 Å². The molecule has 2 heterocycles. The van der Waals surface area contributed by atoms with Gasteiger partial charge in [-0.15, -0.1) is 0 Å². The highest BCUT2D eigenvalue weighted by molar-refractivity contribution is 6.08. The Morgan fingerprint density at radius 3 is 2.59 bits per heavy atom. The van der Waals surface area contributed by atoms with E-state index in [4.69, 9.17) is 9.47 Å². The largest absolute Gasteiger partial charge is 0.506 e. The molecule has 1 aromatic heterocycles. The van der Waals surface area contributed by atoms with E-state index in [9.17, 15) is 23.1 Å². The molecule has 34 heavy (non-hydrogen) atoms. The Hall–Kier alpha value is -3.89. The number of alkyl halides is 3. The van der Waals surface area contributed by atoms with Crippen LogP contribution in [0.2, 0.25) is 0 Å². The number of ether oxygens (including phenoxy) is 2. The van der Waals surface area contributed by atoms with Crippen LogP contribution in [0.5, 0.6) is 17.2 Å². The number of amides is 1. The lowest BCUT2D eigenvalue weighted by Crippen LogP contribution is -2.36. The van der Waals surface area contributed by atoms with E-state index in [1.165, 1.54) is 20.3 Å². The third-order valence-electron chi connectivity index (χ3n) is 5.69. The van der Waals surface area contributed by atoms with Crippen LogP contribution in [-0.2, 0) is 0 Å². The normalized spacial score (nSPS) is 17.5. The summed E-state index contributed by atoms with van der Waals surface area (Å²) in [5.41, 5.74) is 1.38.